The van der Waals surface area contributed by atoms with Crippen molar-refractivity contribution in [2.24, 2.45) is 10.8 Å². The molecule has 0 aromatic rings. The number of aliphatic hydroxyl groups excluding tert-OH is 1. The quantitative estimate of drug-likeness (QED) is 0.345. The highest BCUT2D eigenvalue weighted by atomic mass is 16.3. The molecule has 28 heavy (non-hydrogen) atoms. The fourth-order valence-electron chi connectivity index (χ4n) is 3.38. The third-order valence-electron chi connectivity index (χ3n) is 5.66. The van der Waals surface area contributed by atoms with Crippen LogP contribution in [0.5, 0.6) is 0 Å². The fraction of sp³-hybridized carbons (Fsp3) is 0.440. The number of hydrogen-bond acceptors (Lipinski definition) is 3. The van der Waals surface area contributed by atoms with Crippen molar-refractivity contribution in [2.75, 3.05) is 0 Å². The summed E-state index contributed by atoms with van der Waals surface area (Å²) < 4.78 is 0. The van der Waals surface area contributed by atoms with E-state index in [1.807, 2.05) is 63.3 Å². The van der Waals surface area contributed by atoms with E-state index in [-0.39, 0.29) is 11.2 Å². The molecule has 0 radical (unpaired) electrons. The van der Waals surface area contributed by atoms with Crippen molar-refractivity contribution < 1.29 is 14.7 Å². The van der Waals surface area contributed by atoms with E-state index in [9.17, 15) is 14.7 Å². The Morgan fingerprint density at radius 2 is 1.36 bits per heavy atom. The Labute approximate surface area is 169 Å². The second-order valence-corrected chi connectivity index (χ2v) is 8.57. The largest absolute Gasteiger partial charge is 0.393 e. The Morgan fingerprint density at radius 3 is 1.89 bits per heavy atom. The molecule has 0 bridgehead atoms. The van der Waals surface area contributed by atoms with Gasteiger partial charge in [-0.3, -0.25) is 9.59 Å². The molecular formula is C25H34O3. The molecule has 0 amide bonds. The van der Waals surface area contributed by atoms with E-state index in [0.717, 1.165) is 17.4 Å². The summed E-state index contributed by atoms with van der Waals surface area (Å²) in [5.41, 5.74) is 2.01. The standard InChI is InChI=1S/C25H34O3/c1-19(10-7-8-11-21(3)18-26)12-9-13-20(2)14-15-23(28)25(6)17-22(27)16-24(25,4)5/h7-15,18,22,27H,16-17H2,1-6H3/b8-7+,12-9+,15-14+,19-10+,20-13+,21-11+/t22?,25-/m0/s1. The summed E-state index contributed by atoms with van der Waals surface area (Å²) in [5.74, 6) is 0.0747. The molecule has 0 saturated heterocycles. The van der Waals surface area contributed by atoms with E-state index in [1.165, 1.54) is 0 Å². The minimum absolute atomic E-state index is 0.0747. The lowest BCUT2D eigenvalue weighted by Crippen LogP contribution is -2.36. The van der Waals surface area contributed by atoms with Crippen LogP contribution in [0, 0.1) is 10.8 Å². The van der Waals surface area contributed by atoms with Gasteiger partial charge in [0.15, 0.2) is 5.78 Å². The summed E-state index contributed by atoms with van der Waals surface area (Å²) in [6.45, 7) is 11.8. The molecule has 0 aromatic carbocycles. The van der Waals surface area contributed by atoms with Crippen LogP contribution in [-0.2, 0) is 9.59 Å². The van der Waals surface area contributed by atoms with Crippen LogP contribution in [0.4, 0.5) is 0 Å². The number of aldehydes is 1. The number of carbonyl (C=O) groups is 2. The molecule has 0 aromatic heterocycles. The molecule has 3 nitrogen and oxygen atoms in total. The number of allylic oxidation sites excluding steroid dienone is 12. The zero-order valence-corrected chi connectivity index (χ0v) is 18.0. The number of carbonyl (C=O) groups excluding carboxylic acids is 2. The van der Waals surface area contributed by atoms with Crippen molar-refractivity contribution >= 4 is 12.1 Å². The lowest BCUT2D eigenvalue weighted by molar-refractivity contribution is -0.127. The molecule has 1 aliphatic carbocycles. The van der Waals surface area contributed by atoms with Crippen molar-refractivity contribution in [3.05, 3.63) is 71.4 Å². The molecule has 1 N–H and O–H groups in total. The molecule has 0 aliphatic heterocycles. The minimum Gasteiger partial charge on any atom is -0.393 e. The Kier molecular flexibility index (Phi) is 8.77. The van der Waals surface area contributed by atoms with E-state index in [0.29, 0.717) is 18.4 Å². The van der Waals surface area contributed by atoms with Gasteiger partial charge in [0.1, 0.15) is 6.29 Å². The van der Waals surface area contributed by atoms with Gasteiger partial charge in [-0.1, -0.05) is 80.5 Å². The number of rotatable bonds is 8. The summed E-state index contributed by atoms with van der Waals surface area (Å²) in [6.07, 6.45) is 18.4. The Morgan fingerprint density at radius 1 is 0.821 bits per heavy atom. The van der Waals surface area contributed by atoms with E-state index in [1.54, 1.807) is 19.1 Å². The van der Waals surface area contributed by atoms with Crippen LogP contribution in [0.3, 0.4) is 0 Å². The monoisotopic (exact) mass is 382 g/mol. The van der Waals surface area contributed by atoms with Gasteiger partial charge in [-0.15, -0.1) is 0 Å². The molecule has 0 heterocycles. The summed E-state index contributed by atoms with van der Waals surface area (Å²) in [5, 5.41) is 9.99. The summed E-state index contributed by atoms with van der Waals surface area (Å²) >= 11 is 0. The third kappa shape index (κ3) is 6.72. The predicted molar refractivity (Wildman–Crippen MR) is 117 cm³/mol. The second-order valence-electron chi connectivity index (χ2n) is 8.57. The number of ketones is 1. The summed E-state index contributed by atoms with van der Waals surface area (Å²) in [4.78, 5) is 23.2. The zero-order valence-electron chi connectivity index (χ0n) is 18.0. The van der Waals surface area contributed by atoms with Crippen LogP contribution < -0.4 is 0 Å². The maximum atomic E-state index is 12.7. The molecule has 3 heteroatoms. The predicted octanol–water partition coefficient (Wildman–Crippen LogP) is 5.45. The maximum Gasteiger partial charge on any atom is 0.162 e. The van der Waals surface area contributed by atoms with Crippen LogP contribution in [0.1, 0.15) is 54.4 Å². The SMILES string of the molecule is C\C(C=O)=C/C=C/C=C(C)/C=C/C=C(C)/C=C/C(=O)[C@]1(C)CC(O)CC1(C)C. The molecule has 1 saturated carbocycles. The molecule has 1 unspecified atom stereocenters. The fourth-order valence-corrected chi connectivity index (χ4v) is 3.38. The van der Waals surface area contributed by atoms with Gasteiger partial charge in [0.05, 0.1) is 6.10 Å². The Balaban J connectivity index is 2.70. The van der Waals surface area contributed by atoms with Crippen LogP contribution >= 0.6 is 0 Å². The van der Waals surface area contributed by atoms with E-state index < -0.39 is 11.5 Å². The molecule has 0 spiro atoms. The van der Waals surface area contributed by atoms with Crippen molar-refractivity contribution in [3.8, 4) is 0 Å². The molecule has 2 atom stereocenters. The topological polar surface area (TPSA) is 54.4 Å². The summed E-state index contributed by atoms with van der Waals surface area (Å²) in [6, 6.07) is 0. The third-order valence-corrected chi connectivity index (χ3v) is 5.66. The first-order valence-electron chi connectivity index (χ1n) is 9.74. The average Bonchev–Trinajstić information content (AvgIpc) is 2.83. The first-order valence-corrected chi connectivity index (χ1v) is 9.74. The van der Waals surface area contributed by atoms with Crippen molar-refractivity contribution in [2.45, 2.75) is 60.5 Å². The Hall–Kier alpha value is -2.26. The highest BCUT2D eigenvalue weighted by Gasteiger charge is 2.52. The molecular weight excluding hydrogens is 348 g/mol. The molecule has 1 aliphatic rings. The van der Waals surface area contributed by atoms with Gasteiger partial charge >= 0.3 is 0 Å². The number of aliphatic hydroxyl groups is 1. The maximum absolute atomic E-state index is 12.7. The van der Waals surface area contributed by atoms with Gasteiger partial charge in [0.2, 0.25) is 0 Å². The van der Waals surface area contributed by atoms with Gasteiger partial charge in [-0.2, -0.15) is 0 Å². The van der Waals surface area contributed by atoms with Crippen LogP contribution in [0.2, 0.25) is 0 Å². The summed E-state index contributed by atoms with van der Waals surface area (Å²) in [7, 11) is 0. The number of hydrogen-bond donors (Lipinski definition) is 1. The van der Waals surface area contributed by atoms with E-state index in [4.69, 9.17) is 0 Å². The van der Waals surface area contributed by atoms with Crippen LogP contribution in [-0.4, -0.2) is 23.3 Å². The van der Waals surface area contributed by atoms with Gasteiger partial charge in [0, 0.05) is 5.41 Å². The van der Waals surface area contributed by atoms with Crippen molar-refractivity contribution in [1.29, 1.82) is 0 Å². The Bertz CT molecular complexity index is 757. The van der Waals surface area contributed by atoms with E-state index >= 15 is 0 Å². The minimum atomic E-state index is -0.526. The second kappa shape index (κ2) is 10.3. The smallest absolute Gasteiger partial charge is 0.162 e. The first kappa shape index (κ1) is 23.8. The molecule has 1 rings (SSSR count). The molecule has 152 valence electrons. The van der Waals surface area contributed by atoms with Gasteiger partial charge in [-0.25, -0.2) is 0 Å². The first-order chi connectivity index (χ1) is 13.0. The lowest BCUT2D eigenvalue weighted by atomic mass is 9.66. The van der Waals surface area contributed by atoms with Crippen LogP contribution in [0.25, 0.3) is 0 Å². The molecule has 1 fully saturated rings. The lowest BCUT2D eigenvalue weighted by Gasteiger charge is -2.35. The zero-order chi connectivity index (χ0) is 21.4. The van der Waals surface area contributed by atoms with Crippen LogP contribution in [0.15, 0.2) is 71.4 Å². The normalized spacial score (nSPS) is 26.7. The van der Waals surface area contributed by atoms with Crippen molar-refractivity contribution in [3.63, 3.8) is 0 Å². The average molecular weight is 383 g/mol. The van der Waals surface area contributed by atoms with Crippen molar-refractivity contribution in [1.82, 2.24) is 0 Å². The van der Waals surface area contributed by atoms with Gasteiger partial charge < -0.3 is 5.11 Å². The van der Waals surface area contributed by atoms with Gasteiger partial charge in [0.25, 0.3) is 0 Å². The highest BCUT2D eigenvalue weighted by Crippen LogP contribution is 2.53. The highest BCUT2D eigenvalue weighted by molar-refractivity contribution is 5.95. The van der Waals surface area contributed by atoms with E-state index in [2.05, 4.69) is 13.8 Å². The van der Waals surface area contributed by atoms with Gasteiger partial charge in [-0.05, 0) is 50.7 Å².